The molecule has 0 aliphatic rings. The molecule has 1 atom stereocenters. The van der Waals surface area contributed by atoms with Gasteiger partial charge in [-0.15, -0.1) is 10.2 Å². The molecule has 0 radical (unpaired) electrons. The van der Waals surface area contributed by atoms with E-state index in [0.717, 1.165) is 24.6 Å². The van der Waals surface area contributed by atoms with Gasteiger partial charge in [-0.2, -0.15) is 0 Å². The van der Waals surface area contributed by atoms with Crippen LogP contribution in [0.25, 0.3) is 0 Å². The van der Waals surface area contributed by atoms with Crippen molar-refractivity contribution in [1.82, 2.24) is 14.8 Å². The molecule has 1 unspecified atom stereocenters. The third kappa shape index (κ3) is 3.80. The second kappa shape index (κ2) is 7.52. The van der Waals surface area contributed by atoms with Gasteiger partial charge in [0.25, 0.3) is 0 Å². The Morgan fingerprint density at radius 3 is 2.44 bits per heavy atom. The molecule has 0 spiro atoms. The fourth-order valence-electron chi connectivity index (χ4n) is 2.33. The minimum Gasteiger partial charge on any atom is -0.324 e. The maximum Gasteiger partial charge on any atom is 0.146 e. The molecule has 18 heavy (non-hydrogen) atoms. The van der Waals surface area contributed by atoms with E-state index in [9.17, 15) is 0 Å². The van der Waals surface area contributed by atoms with E-state index in [0.29, 0.717) is 18.4 Å². The quantitative estimate of drug-likeness (QED) is 0.773. The monoisotopic (exact) mass is 252 g/mol. The van der Waals surface area contributed by atoms with Crippen LogP contribution in [0.5, 0.6) is 0 Å². The van der Waals surface area contributed by atoms with Crippen molar-refractivity contribution in [2.24, 2.45) is 11.7 Å². The topological polar surface area (TPSA) is 56.7 Å². The molecule has 2 N–H and O–H groups in total. The predicted octanol–water partition coefficient (Wildman–Crippen LogP) is 3.08. The van der Waals surface area contributed by atoms with E-state index in [-0.39, 0.29) is 0 Å². The van der Waals surface area contributed by atoms with E-state index >= 15 is 0 Å². The van der Waals surface area contributed by atoms with Crippen molar-refractivity contribution in [1.29, 1.82) is 0 Å². The third-order valence-electron chi connectivity index (χ3n) is 3.35. The minimum absolute atomic E-state index is 0.476. The summed E-state index contributed by atoms with van der Waals surface area (Å²) in [6.45, 7) is 10.4. The van der Waals surface area contributed by atoms with Crippen molar-refractivity contribution in [2.45, 2.75) is 72.4 Å². The molecule has 1 aromatic rings. The summed E-state index contributed by atoms with van der Waals surface area (Å²) in [4.78, 5) is 0. The fourth-order valence-corrected chi connectivity index (χ4v) is 2.33. The largest absolute Gasteiger partial charge is 0.324 e. The molecule has 0 saturated heterocycles. The number of hydrogen-bond acceptors (Lipinski definition) is 3. The van der Waals surface area contributed by atoms with Gasteiger partial charge in [0.05, 0.1) is 6.54 Å². The maximum absolute atomic E-state index is 5.76. The van der Waals surface area contributed by atoms with Crippen molar-refractivity contribution in [3.8, 4) is 0 Å². The Bertz CT molecular complexity index is 344. The summed E-state index contributed by atoms with van der Waals surface area (Å²) in [5.74, 6) is 3.18. The van der Waals surface area contributed by atoms with Crippen LogP contribution in [0.1, 0.15) is 70.9 Å². The van der Waals surface area contributed by atoms with Crippen LogP contribution in [0.3, 0.4) is 0 Å². The Balaban J connectivity index is 2.94. The number of nitrogens with zero attached hydrogens (tertiary/aromatic N) is 3. The van der Waals surface area contributed by atoms with Crippen molar-refractivity contribution in [3.05, 3.63) is 11.6 Å². The van der Waals surface area contributed by atoms with E-state index in [1.807, 2.05) is 0 Å². The van der Waals surface area contributed by atoms with Gasteiger partial charge in [-0.05, 0) is 18.8 Å². The van der Waals surface area contributed by atoms with E-state index < -0.39 is 0 Å². The molecule has 4 nitrogen and oxygen atoms in total. The molecule has 0 amide bonds. The van der Waals surface area contributed by atoms with Gasteiger partial charge in [0, 0.05) is 12.5 Å². The van der Waals surface area contributed by atoms with Gasteiger partial charge < -0.3 is 10.3 Å². The van der Waals surface area contributed by atoms with Gasteiger partial charge in [-0.25, -0.2) is 0 Å². The second-order valence-corrected chi connectivity index (χ2v) is 5.43. The first kappa shape index (κ1) is 15.2. The SMILES string of the molecule is CCCCC(CC)c1nnc(CN)n1CC(C)C. The predicted molar refractivity (Wildman–Crippen MR) is 75.3 cm³/mol. The van der Waals surface area contributed by atoms with Crippen LogP contribution in [-0.2, 0) is 13.1 Å². The maximum atomic E-state index is 5.76. The van der Waals surface area contributed by atoms with Gasteiger partial charge in [-0.3, -0.25) is 0 Å². The van der Waals surface area contributed by atoms with E-state index in [4.69, 9.17) is 5.73 Å². The molecule has 1 heterocycles. The Morgan fingerprint density at radius 1 is 1.22 bits per heavy atom. The zero-order chi connectivity index (χ0) is 13.5. The summed E-state index contributed by atoms with van der Waals surface area (Å²) in [6, 6.07) is 0. The molecule has 0 aromatic carbocycles. The van der Waals surface area contributed by atoms with E-state index in [1.165, 1.54) is 19.3 Å². The third-order valence-corrected chi connectivity index (χ3v) is 3.35. The highest BCUT2D eigenvalue weighted by Gasteiger charge is 2.19. The molecule has 0 bridgehead atoms. The lowest BCUT2D eigenvalue weighted by Gasteiger charge is -2.18. The zero-order valence-electron chi connectivity index (χ0n) is 12.3. The first-order chi connectivity index (χ1) is 8.63. The molecule has 0 fully saturated rings. The standard InChI is InChI=1S/C14H28N4/c1-5-7-8-12(6-2)14-17-16-13(9-15)18(14)10-11(3)4/h11-12H,5-10,15H2,1-4H3. The van der Waals surface area contributed by atoms with Crippen LogP contribution in [0.4, 0.5) is 0 Å². The van der Waals surface area contributed by atoms with Crippen molar-refractivity contribution < 1.29 is 0 Å². The van der Waals surface area contributed by atoms with Gasteiger partial charge >= 0.3 is 0 Å². The average molecular weight is 252 g/mol. The van der Waals surface area contributed by atoms with Crippen molar-refractivity contribution >= 4 is 0 Å². The smallest absolute Gasteiger partial charge is 0.146 e. The normalized spacial score (nSPS) is 13.2. The highest BCUT2D eigenvalue weighted by atomic mass is 15.3. The Labute approximate surface area is 111 Å². The molecule has 0 saturated carbocycles. The number of unbranched alkanes of at least 4 members (excludes halogenated alkanes) is 1. The number of aromatic nitrogens is 3. The van der Waals surface area contributed by atoms with Crippen LogP contribution < -0.4 is 5.73 Å². The lowest BCUT2D eigenvalue weighted by Crippen LogP contribution is -2.16. The van der Waals surface area contributed by atoms with Crippen LogP contribution >= 0.6 is 0 Å². The van der Waals surface area contributed by atoms with Gasteiger partial charge in [0.2, 0.25) is 0 Å². The van der Waals surface area contributed by atoms with Gasteiger partial charge in [0.1, 0.15) is 11.6 Å². The van der Waals surface area contributed by atoms with Gasteiger partial charge in [0.15, 0.2) is 0 Å². The average Bonchev–Trinajstić information content (AvgIpc) is 2.73. The minimum atomic E-state index is 0.476. The summed E-state index contributed by atoms with van der Waals surface area (Å²) in [6.07, 6.45) is 4.82. The Kier molecular flexibility index (Phi) is 6.33. The molecule has 104 valence electrons. The van der Waals surface area contributed by atoms with E-state index in [2.05, 4.69) is 42.5 Å². The highest BCUT2D eigenvalue weighted by molar-refractivity contribution is 5.02. The molecule has 4 heteroatoms. The molecule has 0 aliphatic carbocycles. The number of hydrogen-bond donors (Lipinski definition) is 1. The van der Waals surface area contributed by atoms with Crippen LogP contribution in [0, 0.1) is 5.92 Å². The lowest BCUT2D eigenvalue weighted by molar-refractivity contribution is 0.455. The molecule has 1 aromatic heterocycles. The van der Waals surface area contributed by atoms with Crippen molar-refractivity contribution in [3.63, 3.8) is 0 Å². The summed E-state index contributed by atoms with van der Waals surface area (Å²) in [5.41, 5.74) is 5.76. The lowest BCUT2D eigenvalue weighted by atomic mass is 9.98. The highest BCUT2D eigenvalue weighted by Crippen LogP contribution is 2.25. The van der Waals surface area contributed by atoms with Crippen LogP contribution in [-0.4, -0.2) is 14.8 Å². The summed E-state index contributed by atoms with van der Waals surface area (Å²) < 4.78 is 2.24. The van der Waals surface area contributed by atoms with Gasteiger partial charge in [-0.1, -0.05) is 40.5 Å². The molecular formula is C14H28N4. The zero-order valence-corrected chi connectivity index (χ0v) is 12.3. The Hall–Kier alpha value is -0.900. The number of nitrogens with two attached hydrogens (primary N) is 1. The first-order valence-electron chi connectivity index (χ1n) is 7.25. The Morgan fingerprint density at radius 2 is 1.94 bits per heavy atom. The fraction of sp³-hybridized carbons (Fsp3) is 0.857. The summed E-state index contributed by atoms with van der Waals surface area (Å²) >= 11 is 0. The second-order valence-electron chi connectivity index (χ2n) is 5.43. The van der Waals surface area contributed by atoms with Crippen molar-refractivity contribution in [2.75, 3.05) is 0 Å². The first-order valence-corrected chi connectivity index (χ1v) is 7.25. The summed E-state index contributed by atoms with van der Waals surface area (Å²) in [7, 11) is 0. The van der Waals surface area contributed by atoms with Crippen LogP contribution in [0.15, 0.2) is 0 Å². The molecule has 0 aliphatic heterocycles. The molecule has 1 rings (SSSR count). The van der Waals surface area contributed by atoms with E-state index in [1.54, 1.807) is 0 Å². The summed E-state index contributed by atoms with van der Waals surface area (Å²) in [5, 5.41) is 8.65. The van der Waals surface area contributed by atoms with Crippen LogP contribution in [0.2, 0.25) is 0 Å². The molecular weight excluding hydrogens is 224 g/mol. The number of rotatable bonds is 8.